The first-order valence-electron chi connectivity index (χ1n) is 7.89. The van der Waals surface area contributed by atoms with Gasteiger partial charge in [-0.2, -0.15) is 0 Å². The molecule has 1 aliphatic heterocycles. The highest BCUT2D eigenvalue weighted by Gasteiger charge is 2.39. The number of anilines is 1. The fourth-order valence-electron chi connectivity index (χ4n) is 2.65. The van der Waals surface area contributed by atoms with Crippen molar-refractivity contribution in [3.63, 3.8) is 0 Å². The third-order valence-electron chi connectivity index (χ3n) is 4.20. The third kappa shape index (κ3) is 3.86. The van der Waals surface area contributed by atoms with Crippen molar-refractivity contribution in [3.8, 4) is 0 Å². The molecule has 1 aromatic rings. The molecule has 0 aromatic heterocycles. The molecule has 0 unspecified atom stereocenters. The number of carbonyl (C=O) groups is 2. The van der Waals surface area contributed by atoms with Crippen LogP contribution in [-0.2, 0) is 9.59 Å². The number of hydrogen-bond donors (Lipinski definition) is 1. The molecule has 23 heavy (non-hydrogen) atoms. The number of likely N-dealkylation sites (tertiary alicyclic amines) is 1. The molecule has 0 atom stereocenters. The Morgan fingerprint density at radius 2 is 1.57 bits per heavy atom. The predicted octanol–water partition coefficient (Wildman–Crippen LogP) is 3.33. The van der Waals surface area contributed by atoms with Crippen molar-refractivity contribution >= 4 is 17.5 Å². The van der Waals surface area contributed by atoms with Crippen LogP contribution in [0.1, 0.15) is 39.5 Å². The van der Waals surface area contributed by atoms with Gasteiger partial charge >= 0.3 is 0 Å². The molecule has 1 fully saturated rings. The predicted molar refractivity (Wildman–Crippen MR) is 83.8 cm³/mol. The zero-order valence-electron chi connectivity index (χ0n) is 13.5. The summed E-state index contributed by atoms with van der Waals surface area (Å²) >= 11 is 0. The summed E-state index contributed by atoms with van der Waals surface area (Å²) in [5.74, 6) is -2.75. The van der Waals surface area contributed by atoms with Gasteiger partial charge < -0.3 is 10.2 Å². The fraction of sp³-hybridized carbons (Fsp3) is 0.529. The van der Waals surface area contributed by atoms with Crippen molar-refractivity contribution in [1.82, 2.24) is 4.90 Å². The summed E-state index contributed by atoms with van der Waals surface area (Å²) in [6.07, 6.45) is 3.95. The van der Waals surface area contributed by atoms with Gasteiger partial charge in [0.25, 0.3) is 0 Å². The van der Waals surface area contributed by atoms with Crippen LogP contribution in [0.5, 0.6) is 0 Å². The van der Waals surface area contributed by atoms with Crippen LogP contribution in [0.25, 0.3) is 0 Å². The highest BCUT2D eigenvalue weighted by molar-refractivity contribution is 6.09. The lowest BCUT2D eigenvalue weighted by atomic mass is 9.90. The van der Waals surface area contributed by atoms with Gasteiger partial charge in [-0.15, -0.1) is 0 Å². The molecule has 1 N–H and O–H groups in total. The Balaban J connectivity index is 2.14. The molecule has 0 aliphatic carbocycles. The molecule has 2 amide bonds. The van der Waals surface area contributed by atoms with Crippen LogP contribution in [0.3, 0.4) is 0 Å². The van der Waals surface area contributed by atoms with E-state index in [1.54, 1.807) is 4.90 Å². The zero-order valence-corrected chi connectivity index (χ0v) is 13.5. The van der Waals surface area contributed by atoms with Gasteiger partial charge in [0.1, 0.15) is 22.7 Å². The standard InChI is InChI=1S/C17H22F2N2O2/c1-17(2,16(23)21-10-5-3-4-6-11-21)15(22)20-14-12(18)8-7-9-13(14)19/h7-9H,3-6,10-11H2,1-2H3,(H,20,22). The number of benzene rings is 1. The second-order valence-corrected chi connectivity index (χ2v) is 6.38. The molecule has 1 heterocycles. The Kier molecular flexibility index (Phi) is 5.34. The molecule has 6 heteroatoms. The van der Waals surface area contributed by atoms with E-state index in [0.717, 1.165) is 37.8 Å². The van der Waals surface area contributed by atoms with E-state index in [2.05, 4.69) is 5.32 Å². The van der Waals surface area contributed by atoms with Gasteiger partial charge in [0.15, 0.2) is 0 Å². The van der Waals surface area contributed by atoms with Crippen LogP contribution in [0.15, 0.2) is 18.2 Å². The van der Waals surface area contributed by atoms with Gasteiger partial charge in [0.05, 0.1) is 0 Å². The molecule has 0 saturated carbocycles. The number of amides is 2. The van der Waals surface area contributed by atoms with Crippen LogP contribution in [0, 0.1) is 17.0 Å². The lowest BCUT2D eigenvalue weighted by Gasteiger charge is -2.30. The van der Waals surface area contributed by atoms with Gasteiger partial charge in [-0.3, -0.25) is 9.59 Å². The largest absolute Gasteiger partial charge is 0.342 e. The molecule has 1 saturated heterocycles. The highest BCUT2D eigenvalue weighted by atomic mass is 19.1. The SMILES string of the molecule is CC(C)(C(=O)Nc1c(F)cccc1F)C(=O)N1CCCCCC1. The van der Waals surface area contributed by atoms with Crippen molar-refractivity contribution in [2.45, 2.75) is 39.5 Å². The summed E-state index contributed by atoms with van der Waals surface area (Å²) in [6, 6.07) is 3.33. The number of nitrogens with one attached hydrogen (secondary N) is 1. The van der Waals surface area contributed by atoms with Gasteiger partial charge in [0.2, 0.25) is 11.8 Å². The molecule has 1 aromatic carbocycles. The molecule has 126 valence electrons. The number of para-hydroxylation sites is 1. The van der Waals surface area contributed by atoms with Crippen LogP contribution >= 0.6 is 0 Å². The monoisotopic (exact) mass is 324 g/mol. The summed E-state index contributed by atoms with van der Waals surface area (Å²) < 4.78 is 27.3. The second kappa shape index (κ2) is 7.06. The second-order valence-electron chi connectivity index (χ2n) is 6.38. The minimum Gasteiger partial charge on any atom is -0.342 e. The van der Waals surface area contributed by atoms with Crippen molar-refractivity contribution in [3.05, 3.63) is 29.8 Å². The lowest BCUT2D eigenvalue weighted by Crippen LogP contribution is -2.47. The van der Waals surface area contributed by atoms with Crippen LogP contribution in [0.2, 0.25) is 0 Å². The fourth-order valence-corrected chi connectivity index (χ4v) is 2.65. The quantitative estimate of drug-likeness (QED) is 0.867. The zero-order chi connectivity index (χ0) is 17.0. The van der Waals surface area contributed by atoms with Crippen molar-refractivity contribution < 1.29 is 18.4 Å². The first kappa shape index (κ1) is 17.4. The maximum absolute atomic E-state index is 13.7. The van der Waals surface area contributed by atoms with E-state index in [1.165, 1.54) is 19.9 Å². The molecule has 0 spiro atoms. The topological polar surface area (TPSA) is 49.4 Å². The minimum atomic E-state index is -1.39. The summed E-state index contributed by atoms with van der Waals surface area (Å²) in [4.78, 5) is 26.7. The van der Waals surface area contributed by atoms with E-state index in [-0.39, 0.29) is 5.91 Å². The van der Waals surface area contributed by atoms with Gasteiger partial charge in [0, 0.05) is 13.1 Å². The van der Waals surface area contributed by atoms with E-state index in [4.69, 9.17) is 0 Å². The maximum Gasteiger partial charge on any atom is 0.239 e. The number of carbonyl (C=O) groups excluding carboxylic acids is 2. The molecule has 0 radical (unpaired) electrons. The number of rotatable bonds is 3. The number of halogens is 2. The Morgan fingerprint density at radius 3 is 2.09 bits per heavy atom. The first-order chi connectivity index (χ1) is 10.8. The third-order valence-corrected chi connectivity index (χ3v) is 4.20. The van der Waals surface area contributed by atoms with Gasteiger partial charge in [-0.05, 0) is 38.8 Å². The van der Waals surface area contributed by atoms with Crippen LogP contribution in [-0.4, -0.2) is 29.8 Å². The van der Waals surface area contributed by atoms with E-state index in [1.807, 2.05) is 0 Å². The number of hydrogen-bond acceptors (Lipinski definition) is 2. The number of nitrogens with zero attached hydrogens (tertiary/aromatic N) is 1. The Hall–Kier alpha value is -1.98. The van der Waals surface area contributed by atoms with Crippen LogP contribution in [0.4, 0.5) is 14.5 Å². The highest BCUT2D eigenvalue weighted by Crippen LogP contribution is 2.26. The van der Waals surface area contributed by atoms with Crippen molar-refractivity contribution in [1.29, 1.82) is 0 Å². The molecule has 0 bridgehead atoms. The Bertz CT molecular complexity index is 574. The minimum absolute atomic E-state index is 0.311. The van der Waals surface area contributed by atoms with Gasteiger partial charge in [-0.1, -0.05) is 18.9 Å². The van der Waals surface area contributed by atoms with E-state index in [0.29, 0.717) is 13.1 Å². The van der Waals surface area contributed by atoms with Crippen LogP contribution < -0.4 is 5.32 Å². The Labute approximate surface area is 134 Å². The summed E-state index contributed by atoms with van der Waals surface area (Å²) in [5, 5.41) is 2.22. The average molecular weight is 324 g/mol. The lowest BCUT2D eigenvalue weighted by molar-refractivity contribution is -0.146. The van der Waals surface area contributed by atoms with Gasteiger partial charge in [-0.25, -0.2) is 8.78 Å². The van der Waals surface area contributed by atoms with Crippen molar-refractivity contribution in [2.24, 2.45) is 5.41 Å². The maximum atomic E-state index is 13.7. The summed E-state index contributed by atoms with van der Waals surface area (Å²) in [7, 11) is 0. The molecular formula is C17H22F2N2O2. The van der Waals surface area contributed by atoms with Crippen molar-refractivity contribution in [2.75, 3.05) is 18.4 Å². The smallest absolute Gasteiger partial charge is 0.239 e. The molecule has 4 nitrogen and oxygen atoms in total. The van der Waals surface area contributed by atoms with E-state index >= 15 is 0 Å². The molecule has 1 aliphatic rings. The van der Waals surface area contributed by atoms with E-state index in [9.17, 15) is 18.4 Å². The first-order valence-corrected chi connectivity index (χ1v) is 7.89. The average Bonchev–Trinajstić information content (AvgIpc) is 2.79. The normalized spacial score (nSPS) is 15.9. The summed E-state index contributed by atoms with van der Waals surface area (Å²) in [5.41, 5.74) is -1.91. The molecular weight excluding hydrogens is 302 g/mol. The molecule has 2 rings (SSSR count). The van der Waals surface area contributed by atoms with E-state index < -0.39 is 28.6 Å². The summed E-state index contributed by atoms with van der Waals surface area (Å²) in [6.45, 7) is 4.19. The Morgan fingerprint density at radius 1 is 1.04 bits per heavy atom.